The fourth-order valence-corrected chi connectivity index (χ4v) is 2.35. The van der Waals surface area contributed by atoms with E-state index in [0.717, 1.165) is 27.6 Å². The maximum absolute atomic E-state index is 3.87. The zero-order valence-electron chi connectivity index (χ0n) is 8.11. The molecule has 1 N–H and O–H groups in total. The number of anilines is 1. The van der Waals surface area contributed by atoms with Crippen LogP contribution in [0.3, 0.4) is 0 Å². The maximum atomic E-state index is 3.87. The van der Waals surface area contributed by atoms with Gasteiger partial charge in [0.15, 0.2) is 0 Å². The third-order valence-electron chi connectivity index (χ3n) is 1.82. The van der Waals surface area contributed by atoms with Crippen molar-refractivity contribution in [3.8, 4) is 0 Å². The lowest BCUT2D eigenvalue weighted by Crippen LogP contribution is -2.02. The van der Waals surface area contributed by atoms with Crippen molar-refractivity contribution in [2.24, 2.45) is 0 Å². The first kappa shape index (κ1) is 11.8. The van der Waals surface area contributed by atoms with Gasteiger partial charge in [-0.15, -0.1) is 6.58 Å². The number of halogens is 2. The highest BCUT2D eigenvalue weighted by molar-refractivity contribution is 9.11. The van der Waals surface area contributed by atoms with Crippen molar-refractivity contribution in [1.29, 1.82) is 0 Å². The van der Waals surface area contributed by atoms with Gasteiger partial charge in [-0.25, -0.2) is 0 Å². The van der Waals surface area contributed by atoms with E-state index in [0.29, 0.717) is 0 Å². The molecule has 0 spiro atoms. The predicted octanol–water partition coefficient (Wildman–Crippen LogP) is 4.59. The minimum atomic E-state index is 0.913. The lowest BCUT2D eigenvalue weighted by atomic mass is 10.2. The lowest BCUT2D eigenvalue weighted by molar-refractivity contribution is 1.000. The molecule has 0 aliphatic rings. The highest BCUT2D eigenvalue weighted by atomic mass is 79.9. The Morgan fingerprint density at radius 2 is 1.93 bits per heavy atom. The van der Waals surface area contributed by atoms with E-state index in [-0.39, 0.29) is 0 Å². The van der Waals surface area contributed by atoms with E-state index in [4.69, 9.17) is 0 Å². The monoisotopic (exact) mass is 317 g/mol. The Morgan fingerprint density at radius 1 is 1.36 bits per heavy atom. The Hall–Kier alpha value is -0.280. The summed E-state index contributed by atoms with van der Waals surface area (Å²) in [5.74, 6) is 0. The Labute approximate surface area is 102 Å². The summed E-state index contributed by atoms with van der Waals surface area (Å²) in [7, 11) is 0. The highest BCUT2D eigenvalue weighted by Gasteiger charge is 2.02. The molecule has 1 rings (SSSR count). The number of hydrogen-bond donors (Lipinski definition) is 1. The van der Waals surface area contributed by atoms with Gasteiger partial charge in [0.05, 0.1) is 5.69 Å². The number of hydrogen-bond acceptors (Lipinski definition) is 1. The second-order valence-electron chi connectivity index (χ2n) is 3.23. The van der Waals surface area contributed by atoms with Crippen LogP contribution in [0.4, 0.5) is 5.69 Å². The quantitative estimate of drug-likeness (QED) is 0.801. The molecule has 0 aliphatic carbocycles. The molecular weight excluding hydrogens is 306 g/mol. The van der Waals surface area contributed by atoms with Gasteiger partial charge >= 0.3 is 0 Å². The molecule has 0 aliphatic heterocycles. The normalized spacial score (nSPS) is 9.93. The van der Waals surface area contributed by atoms with Crippen molar-refractivity contribution in [3.63, 3.8) is 0 Å². The molecule has 0 amide bonds. The molecule has 0 bridgehead atoms. The summed E-state index contributed by atoms with van der Waals surface area (Å²) in [6.45, 7) is 6.82. The van der Waals surface area contributed by atoms with Gasteiger partial charge in [0.1, 0.15) is 0 Å². The van der Waals surface area contributed by atoms with Gasteiger partial charge in [-0.05, 0) is 57.3 Å². The Balaban J connectivity index is 2.62. The van der Waals surface area contributed by atoms with Crippen LogP contribution in [0.5, 0.6) is 0 Å². The largest absolute Gasteiger partial charge is 0.383 e. The minimum Gasteiger partial charge on any atom is -0.383 e. The van der Waals surface area contributed by atoms with E-state index in [1.54, 1.807) is 0 Å². The molecule has 0 saturated heterocycles. The van der Waals surface area contributed by atoms with Crippen LogP contribution in [0, 0.1) is 0 Å². The Bertz CT molecular complexity index is 314. The lowest BCUT2D eigenvalue weighted by Gasteiger charge is -2.10. The third kappa shape index (κ3) is 3.46. The van der Waals surface area contributed by atoms with Gasteiger partial charge in [0.25, 0.3) is 0 Å². The van der Waals surface area contributed by atoms with Crippen LogP contribution in [-0.4, -0.2) is 6.54 Å². The summed E-state index contributed by atoms with van der Waals surface area (Å²) in [6, 6.07) is 6.04. The molecule has 1 aromatic carbocycles. The summed E-state index contributed by atoms with van der Waals surface area (Å²) < 4.78 is 2.15. The van der Waals surface area contributed by atoms with E-state index >= 15 is 0 Å². The summed E-state index contributed by atoms with van der Waals surface area (Å²) in [6.07, 6.45) is 0.994. The fourth-order valence-electron chi connectivity index (χ4n) is 1.07. The van der Waals surface area contributed by atoms with Crippen LogP contribution in [0.15, 0.2) is 39.3 Å². The number of rotatable bonds is 4. The topological polar surface area (TPSA) is 12.0 Å². The van der Waals surface area contributed by atoms with Gasteiger partial charge in [-0.3, -0.25) is 0 Å². The highest BCUT2D eigenvalue weighted by Crippen LogP contribution is 2.30. The zero-order valence-corrected chi connectivity index (χ0v) is 11.3. The van der Waals surface area contributed by atoms with Gasteiger partial charge < -0.3 is 5.32 Å². The predicted molar refractivity (Wildman–Crippen MR) is 69.8 cm³/mol. The van der Waals surface area contributed by atoms with Crippen molar-refractivity contribution in [2.45, 2.75) is 13.3 Å². The van der Waals surface area contributed by atoms with Crippen molar-refractivity contribution < 1.29 is 0 Å². The molecular formula is C11H13Br2N. The van der Waals surface area contributed by atoms with Crippen molar-refractivity contribution in [3.05, 3.63) is 39.3 Å². The molecule has 1 aromatic rings. The number of benzene rings is 1. The average Bonchev–Trinajstić information content (AvgIpc) is 2.09. The molecule has 0 saturated carbocycles. The zero-order chi connectivity index (χ0) is 10.6. The third-order valence-corrected chi connectivity index (χ3v) is 3.14. The van der Waals surface area contributed by atoms with Gasteiger partial charge in [0, 0.05) is 15.5 Å². The van der Waals surface area contributed by atoms with Crippen molar-refractivity contribution in [2.75, 3.05) is 11.9 Å². The first-order valence-electron chi connectivity index (χ1n) is 4.43. The Morgan fingerprint density at radius 3 is 2.43 bits per heavy atom. The molecule has 0 atom stereocenters. The van der Waals surface area contributed by atoms with E-state index in [2.05, 4.69) is 43.8 Å². The molecule has 3 heteroatoms. The Kier molecular flexibility index (Phi) is 4.69. The standard InChI is InChI=1S/C11H13Br2N/c1-8(2)6-7-14-11-9(12)4-3-5-10(11)13/h3-5,14H,1,6-7H2,2H3. The summed E-state index contributed by atoms with van der Waals surface area (Å²) in [5, 5.41) is 3.36. The van der Waals surface area contributed by atoms with E-state index in [1.165, 1.54) is 5.57 Å². The summed E-state index contributed by atoms with van der Waals surface area (Å²) >= 11 is 7.00. The van der Waals surface area contributed by atoms with Crippen molar-refractivity contribution in [1.82, 2.24) is 0 Å². The average molecular weight is 319 g/mol. The summed E-state index contributed by atoms with van der Waals surface area (Å²) in [5.41, 5.74) is 2.30. The van der Waals surface area contributed by atoms with Crippen molar-refractivity contribution >= 4 is 37.5 Å². The SMILES string of the molecule is C=C(C)CCNc1c(Br)cccc1Br. The molecule has 0 unspecified atom stereocenters. The molecule has 0 radical (unpaired) electrons. The van der Waals surface area contributed by atoms with Crippen LogP contribution in [0.2, 0.25) is 0 Å². The van der Waals surface area contributed by atoms with Crippen LogP contribution in [0.1, 0.15) is 13.3 Å². The van der Waals surface area contributed by atoms with Crippen LogP contribution >= 0.6 is 31.9 Å². The van der Waals surface area contributed by atoms with E-state index in [9.17, 15) is 0 Å². The molecule has 76 valence electrons. The van der Waals surface area contributed by atoms with Crippen LogP contribution in [0.25, 0.3) is 0 Å². The summed E-state index contributed by atoms with van der Waals surface area (Å²) in [4.78, 5) is 0. The molecule has 14 heavy (non-hydrogen) atoms. The smallest absolute Gasteiger partial charge is 0.0629 e. The first-order chi connectivity index (χ1) is 6.61. The van der Waals surface area contributed by atoms with Gasteiger partial charge in [-0.2, -0.15) is 0 Å². The molecule has 0 heterocycles. The van der Waals surface area contributed by atoms with Crippen LogP contribution in [-0.2, 0) is 0 Å². The van der Waals surface area contributed by atoms with Crippen LogP contribution < -0.4 is 5.32 Å². The van der Waals surface area contributed by atoms with Gasteiger partial charge in [0.2, 0.25) is 0 Å². The fraction of sp³-hybridized carbons (Fsp3) is 0.273. The molecule has 0 fully saturated rings. The van der Waals surface area contributed by atoms with E-state index in [1.807, 2.05) is 25.1 Å². The molecule has 1 nitrogen and oxygen atoms in total. The van der Waals surface area contributed by atoms with E-state index < -0.39 is 0 Å². The number of para-hydroxylation sites is 1. The van der Waals surface area contributed by atoms with Gasteiger partial charge in [-0.1, -0.05) is 11.6 Å². The maximum Gasteiger partial charge on any atom is 0.0629 e. The molecule has 0 aromatic heterocycles. The minimum absolute atomic E-state index is 0.913. The number of nitrogens with one attached hydrogen (secondary N) is 1. The first-order valence-corrected chi connectivity index (χ1v) is 6.02. The second-order valence-corrected chi connectivity index (χ2v) is 4.94. The second kappa shape index (κ2) is 5.56.